The first kappa shape index (κ1) is 13.5. The Morgan fingerprint density at radius 1 is 1.37 bits per heavy atom. The molecule has 1 amide bonds. The van der Waals surface area contributed by atoms with Crippen molar-refractivity contribution in [3.8, 4) is 0 Å². The summed E-state index contributed by atoms with van der Waals surface area (Å²) < 4.78 is 1.64. The van der Waals surface area contributed by atoms with Gasteiger partial charge >= 0.3 is 0 Å². The first-order valence-electron chi connectivity index (χ1n) is 6.16. The van der Waals surface area contributed by atoms with E-state index in [0.29, 0.717) is 13.1 Å². The molecule has 1 N–H and O–H groups in total. The third-order valence-corrected chi connectivity index (χ3v) is 3.84. The second-order valence-corrected chi connectivity index (χ2v) is 5.19. The Kier molecular flexibility index (Phi) is 4.52. The lowest BCUT2D eigenvalue weighted by molar-refractivity contribution is 0.0956. The van der Waals surface area contributed by atoms with E-state index in [1.54, 1.807) is 16.8 Å². The van der Waals surface area contributed by atoms with Crippen molar-refractivity contribution in [1.29, 1.82) is 0 Å². The Morgan fingerprint density at radius 3 is 2.89 bits per heavy atom. The van der Waals surface area contributed by atoms with Crippen LogP contribution >= 0.6 is 11.3 Å². The lowest BCUT2D eigenvalue weighted by Gasteiger charge is -2.06. The van der Waals surface area contributed by atoms with Gasteiger partial charge in [-0.1, -0.05) is 6.07 Å². The number of aromatic nitrogens is 1. The Morgan fingerprint density at radius 2 is 2.21 bits per heavy atom. The standard InChI is InChI=1S/C14H16N2O2S/c1-11-6-10-19-13(11)14(18)15-7-4-9-16-8-3-2-5-12(16)17/h2-3,5-6,8,10H,4,7,9H2,1H3,(H,15,18). The molecule has 19 heavy (non-hydrogen) atoms. The number of nitrogens with zero attached hydrogens (tertiary/aromatic N) is 1. The van der Waals surface area contributed by atoms with Crippen LogP contribution in [-0.2, 0) is 6.54 Å². The van der Waals surface area contributed by atoms with Crippen LogP contribution in [0, 0.1) is 6.92 Å². The Bertz CT molecular complexity index is 616. The zero-order valence-corrected chi connectivity index (χ0v) is 11.6. The van der Waals surface area contributed by atoms with Crippen molar-refractivity contribution in [1.82, 2.24) is 9.88 Å². The molecule has 0 saturated carbocycles. The molecule has 0 radical (unpaired) electrons. The number of amides is 1. The molecule has 0 aliphatic heterocycles. The molecule has 2 aromatic heterocycles. The lowest BCUT2D eigenvalue weighted by atomic mass is 10.3. The smallest absolute Gasteiger partial charge is 0.261 e. The molecule has 4 nitrogen and oxygen atoms in total. The number of carbonyl (C=O) groups is 1. The van der Waals surface area contributed by atoms with Gasteiger partial charge in [0, 0.05) is 25.4 Å². The van der Waals surface area contributed by atoms with Crippen molar-refractivity contribution in [2.45, 2.75) is 19.9 Å². The number of hydrogen-bond donors (Lipinski definition) is 1. The van der Waals surface area contributed by atoms with Gasteiger partial charge in [0.15, 0.2) is 0 Å². The molecule has 2 aromatic rings. The minimum Gasteiger partial charge on any atom is -0.351 e. The zero-order valence-electron chi connectivity index (χ0n) is 10.8. The van der Waals surface area contributed by atoms with E-state index in [0.717, 1.165) is 16.9 Å². The minimum absolute atomic E-state index is 0.0112. The van der Waals surface area contributed by atoms with Crippen LogP contribution in [0.4, 0.5) is 0 Å². The fourth-order valence-corrected chi connectivity index (χ4v) is 2.62. The van der Waals surface area contributed by atoms with Crippen LogP contribution < -0.4 is 10.9 Å². The van der Waals surface area contributed by atoms with Crippen LogP contribution in [-0.4, -0.2) is 17.0 Å². The second-order valence-electron chi connectivity index (χ2n) is 4.27. The fourth-order valence-electron chi connectivity index (χ4n) is 1.78. The summed E-state index contributed by atoms with van der Waals surface area (Å²) in [6.45, 7) is 3.11. The van der Waals surface area contributed by atoms with Gasteiger partial charge in [0.2, 0.25) is 5.56 Å². The molecular formula is C14H16N2O2S. The van der Waals surface area contributed by atoms with Crippen LogP contribution in [0.1, 0.15) is 21.7 Å². The van der Waals surface area contributed by atoms with Crippen molar-refractivity contribution >= 4 is 17.2 Å². The monoisotopic (exact) mass is 276 g/mol. The highest BCUT2D eigenvalue weighted by molar-refractivity contribution is 7.12. The topological polar surface area (TPSA) is 51.1 Å². The highest BCUT2D eigenvalue weighted by atomic mass is 32.1. The average Bonchev–Trinajstić information content (AvgIpc) is 2.82. The van der Waals surface area contributed by atoms with Crippen LogP contribution in [0.5, 0.6) is 0 Å². The van der Waals surface area contributed by atoms with E-state index in [1.807, 2.05) is 24.4 Å². The normalized spacial score (nSPS) is 10.4. The van der Waals surface area contributed by atoms with E-state index in [1.165, 1.54) is 17.4 Å². The maximum atomic E-state index is 11.8. The number of hydrogen-bond acceptors (Lipinski definition) is 3. The molecule has 0 aliphatic carbocycles. The number of rotatable bonds is 5. The maximum absolute atomic E-state index is 11.8. The van der Waals surface area contributed by atoms with E-state index in [2.05, 4.69) is 5.32 Å². The highest BCUT2D eigenvalue weighted by Crippen LogP contribution is 2.14. The van der Waals surface area contributed by atoms with Gasteiger partial charge in [0.25, 0.3) is 5.91 Å². The number of carbonyl (C=O) groups excluding carboxylic acids is 1. The van der Waals surface area contributed by atoms with Gasteiger partial charge in [-0.15, -0.1) is 11.3 Å². The van der Waals surface area contributed by atoms with Gasteiger partial charge in [-0.25, -0.2) is 0 Å². The number of nitrogens with one attached hydrogen (secondary N) is 1. The van der Waals surface area contributed by atoms with Crippen molar-refractivity contribution < 1.29 is 4.79 Å². The summed E-state index contributed by atoms with van der Waals surface area (Å²) in [5.41, 5.74) is 0.990. The second kappa shape index (κ2) is 6.33. The largest absolute Gasteiger partial charge is 0.351 e. The Balaban J connectivity index is 1.79. The Hall–Kier alpha value is -1.88. The van der Waals surface area contributed by atoms with Crippen LogP contribution in [0.15, 0.2) is 40.6 Å². The quantitative estimate of drug-likeness (QED) is 0.850. The van der Waals surface area contributed by atoms with Gasteiger partial charge in [-0.2, -0.15) is 0 Å². The van der Waals surface area contributed by atoms with E-state index in [4.69, 9.17) is 0 Å². The van der Waals surface area contributed by atoms with Gasteiger partial charge in [-0.3, -0.25) is 9.59 Å². The molecule has 0 unspecified atom stereocenters. The first-order chi connectivity index (χ1) is 9.18. The SMILES string of the molecule is Cc1ccsc1C(=O)NCCCn1ccccc1=O. The van der Waals surface area contributed by atoms with Crippen molar-refractivity contribution in [2.75, 3.05) is 6.54 Å². The first-order valence-corrected chi connectivity index (χ1v) is 7.04. The average molecular weight is 276 g/mol. The van der Waals surface area contributed by atoms with Gasteiger partial charge in [0.05, 0.1) is 4.88 Å². The third-order valence-electron chi connectivity index (χ3n) is 2.83. The molecule has 100 valence electrons. The predicted molar refractivity (Wildman–Crippen MR) is 76.7 cm³/mol. The zero-order chi connectivity index (χ0) is 13.7. The summed E-state index contributed by atoms with van der Waals surface area (Å²) in [6, 6.07) is 7.02. The number of thiophene rings is 1. The number of aryl methyl sites for hydroxylation is 2. The highest BCUT2D eigenvalue weighted by Gasteiger charge is 2.08. The van der Waals surface area contributed by atoms with E-state index < -0.39 is 0 Å². The maximum Gasteiger partial charge on any atom is 0.261 e. The van der Waals surface area contributed by atoms with Crippen LogP contribution in [0.3, 0.4) is 0 Å². The van der Waals surface area contributed by atoms with Crippen molar-refractivity contribution in [2.24, 2.45) is 0 Å². The van der Waals surface area contributed by atoms with Crippen molar-refractivity contribution in [3.05, 3.63) is 56.6 Å². The molecule has 2 rings (SSSR count). The van der Waals surface area contributed by atoms with E-state index in [-0.39, 0.29) is 11.5 Å². The van der Waals surface area contributed by atoms with Gasteiger partial charge < -0.3 is 9.88 Å². The molecule has 2 heterocycles. The molecule has 0 spiro atoms. The van der Waals surface area contributed by atoms with Gasteiger partial charge in [-0.05, 0) is 36.4 Å². The number of pyridine rings is 1. The van der Waals surface area contributed by atoms with E-state index >= 15 is 0 Å². The lowest BCUT2D eigenvalue weighted by Crippen LogP contribution is -2.26. The summed E-state index contributed by atoms with van der Waals surface area (Å²) >= 11 is 1.45. The van der Waals surface area contributed by atoms with E-state index in [9.17, 15) is 9.59 Å². The predicted octanol–water partition coefficient (Wildman–Crippen LogP) is 2.04. The molecule has 0 saturated heterocycles. The molecule has 0 bridgehead atoms. The molecule has 0 aromatic carbocycles. The molecular weight excluding hydrogens is 260 g/mol. The third kappa shape index (κ3) is 3.54. The fraction of sp³-hybridized carbons (Fsp3) is 0.286. The summed E-state index contributed by atoms with van der Waals surface area (Å²) in [5.74, 6) is -0.0343. The molecule has 0 fully saturated rings. The van der Waals surface area contributed by atoms with Crippen molar-refractivity contribution in [3.63, 3.8) is 0 Å². The molecule has 5 heteroatoms. The summed E-state index contributed by atoms with van der Waals surface area (Å²) in [7, 11) is 0. The van der Waals surface area contributed by atoms with Crippen LogP contribution in [0.2, 0.25) is 0 Å². The Labute approximate surface area is 115 Å². The van der Waals surface area contributed by atoms with Gasteiger partial charge in [0.1, 0.15) is 0 Å². The summed E-state index contributed by atoms with van der Waals surface area (Å²) in [6.07, 6.45) is 2.49. The summed E-state index contributed by atoms with van der Waals surface area (Å²) in [4.78, 5) is 24.1. The summed E-state index contributed by atoms with van der Waals surface area (Å²) in [5, 5.41) is 4.78. The molecule has 0 atom stereocenters. The molecule has 0 aliphatic rings. The minimum atomic E-state index is -0.0343. The van der Waals surface area contributed by atoms with Crippen LogP contribution in [0.25, 0.3) is 0 Å².